The fourth-order valence-electron chi connectivity index (χ4n) is 1.58. The van der Waals surface area contributed by atoms with E-state index in [-0.39, 0.29) is 17.2 Å². The molecule has 1 N–H and O–H groups in total. The molecule has 0 aliphatic carbocycles. The molecular weight excluding hydrogens is 266 g/mol. The van der Waals surface area contributed by atoms with Crippen molar-refractivity contribution in [3.05, 3.63) is 29.3 Å². The number of nitrogens with one attached hydrogen (secondary N) is 1. The number of rotatable bonds is 6. The van der Waals surface area contributed by atoms with Crippen molar-refractivity contribution in [1.29, 1.82) is 0 Å². The second-order valence-electron chi connectivity index (χ2n) is 4.24. The molecule has 4 heteroatoms. The minimum absolute atomic E-state index is 0.0909. The summed E-state index contributed by atoms with van der Waals surface area (Å²) in [7, 11) is 0. The van der Waals surface area contributed by atoms with Gasteiger partial charge in [-0.2, -0.15) is 0 Å². The van der Waals surface area contributed by atoms with Crippen LogP contribution in [0.4, 0.5) is 0 Å². The van der Waals surface area contributed by atoms with E-state index < -0.39 is 0 Å². The first-order valence-electron chi connectivity index (χ1n) is 6.29. The molecule has 18 heavy (non-hydrogen) atoms. The summed E-state index contributed by atoms with van der Waals surface area (Å²) in [5.74, 6) is 0.101. The molecule has 100 valence electrons. The molecule has 0 aromatic heterocycles. The van der Waals surface area contributed by atoms with Gasteiger partial charge in [0.25, 0.3) is 0 Å². The Morgan fingerprint density at radius 2 is 1.83 bits per heavy atom. The highest BCUT2D eigenvalue weighted by Gasteiger charge is 2.16. The van der Waals surface area contributed by atoms with Crippen LogP contribution < -0.4 is 5.32 Å². The molecule has 1 rings (SSSR count). The molecule has 1 aromatic rings. The lowest BCUT2D eigenvalue weighted by Gasteiger charge is -2.18. The molecule has 1 aromatic carbocycles. The van der Waals surface area contributed by atoms with E-state index >= 15 is 0 Å². The number of halogens is 1. The van der Waals surface area contributed by atoms with Crippen LogP contribution in [0.3, 0.4) is 0 Å². The van der Waals surface area contributed by atoms with Crippen LogP contribution in [-0.2, 0) is 4.79 Å². The van der Waals surface area contributed by atoms with E-state index in [9.17, 15) is 4.79 Å². The highest BCUT2D eigenvalue weighted by molar-refractivity contribution is 8.00. The monoisotopic (exact) mass is 285 g/mol. The van der Waals surface area contributed by atoms with Gasteiger partial charge in [0.1, 0.15) is 0 Å². The summed E-state index contributed by atoms with van der Waals surface area (Å²) in [6, 6.07) is 7.85. The quantitative estimate of drug-likeness (QED) is 0.797. The summed E-state index contributed by atoms with van der Waals surface area (Å²) < 4.78 is 0. The van der Waals surface area contributed by atoms with Crippen molar-refractivity contribution in [2.45, 2.75) is 49.8 Å². The minimum Gasteiger partial charge on any atom is -0.352 e. The van der Waals surface area contributed by atoms with Gasteiger partial charge in [0, 0.05) is 16.0 Å². The lowest BCUT2D eigenvalue weighted by molar-refractivity contribution is -0.121. The van der Waals surface area contributed by atoms with E-state index in [1.54, 1.807) is 11.8 Å². The second kappa shape index (κ2) is 7.70. The second-order valence-corrected chi connectivity index (χ2v) is 6.09. The smallest absolute Gasteiger partial charge is 0.233 e. The topological polar surface area (TPSA) is 29.1 Å². The molecule has 0 bridgehead atoms. The summed E-state index contributed by atoms with van der Waals surface area (Å²) in [4.78, 5) is 13.0. The summed E-state index contributed by atoms with van der Waals surface area (Å²) in [5.41, 5.74) is 0. The highest BCUT2D eigenvalue weighted by Crippen LogP contribution is 2.24. The van der Waals surface area contributed by atoms with Gasteiger partial charge < -0.3 is 5.32 Å². The lowest BCUT2D eigenvalue weighted by Crippen LogP contribution is -2.38. The van der Waals surface area contributed by atoms with Gasteiger partial charge in [-0.05, 0) is 44.0 Å². The summed E-state index contributed by atoms with van der Waals surface area (Å²) >= 11 is 7.38. The Balaban J connectivity index is 2.51. The average Bonchev–Trinajstić information content (AvgIpc) is 2.38. The zero-order chi connectivity index (χ0) is 13.5. The number of carbonyl (C=O) groups excluding carboxylic acids is 1. The van der Waals surface area contributed by atoms with Gasteiger partial charge in [-0.1, -0.05) is 25.4 Å². The molecule has 0 aliphatic rings. The van der Waals surface area contributed by atoms with Crippen LogP contribution in [0.2, 0.25) is 5.02 Å². The number of carbonyl (C=O) groups is 1. The highest BCUT2D eigenvalue weighted by atomic mass is 35.5. The van der Waals surface area contributed by atoms with Crippen molar-refractivity contribution in [3.8, 4) is 0 Å². The van der Waals surface area contributed by atoms with Crippen LogP contribution in [0.25, 0.3) is 0 Å². The van der Waals surface area contributed by atoms with E-state index in [0.717, 1.165) is 17.7 Å². The Kier molecular flexibility index (Phi) is 6.58. The maximum absolute atomic E-state index is 12.0. The van der Waals surface area contributed by atoms with Crippen LogP contribution in [0, 0.1) is 0 Å². The SMILES string of the molecule is CCC(CC)NC(=O)C(C)Sc1ccc(Cl)cc1. The number of benzene rings is 1. The average molecular weight is 286 g/mol. The van der Waals surface area contributed by atoms with Crippen LogP contribution >= 0.6 is 23.4 Å². The molecule has 1 amide bonds. The van der Waals surface area contributed by atoms with Crippen molar-refractivity contribution in [1.82, 2.24) is 5.32 Å². The van der Waals surface area contributed by atoms with E-state index in [1.165, 1.54) is 0 Å². The van der Waals surface area contributed by atoms with E-state index in [0.29, 0.717) is 5.02 Å². The maximum atomic E-state index is 12.0. The van der Waals surface area contributed by atoms with Crippen LogP contribution in [0.15, 0.2) is 29.2 Å². The Bertz CT molecular complexity index is 376. The number of hydrogen-bond acceptors (Lipinski definition) is 2. The minimum atomic E-state index is -0.0909. The van der Waals surface area contributed by atoms with Crippen LogP contribution in [0.1, 0.15) is 33.6 Å². The molecule has 2 nitrogen and oxygen atoms in total. The first-order valence-corrected chi connectivity index (χ1v) is 7.55. The fraction of sp³-hybridized carbons (Fsp3) is 0.500. The zero-order valence-corrected chi connectivity index (χ0v) is 12.6. The van der Waals surface area contributed by atoms with Gasteiger partial charge in [-0.15, -0.1) is 11.8 Å². The summed E-state index contributed by atoms with van der Waals surface area (Å²) in [5, 5.41) is 3.69. The molecule has 1 unspecified atom stereocenters. The third-order valence-corrected chi connectivity index (χ3v) is 4.19. The first-order chi connectivity index (χ1) is 8.56. The molecule has 0 saturated heterocycles. The maximum Gasteiger partial charge on any atom is 0.233 e. The van der Waals surface area contributed by atoms with Crippen molar-refractivity contribution >= 4 is 29.3 Å². The van der Waals surface area contributed by atoms with Crippen molar-refractivity contribution in [2.24, 2.45) is 0 Å². The molecule has 0 heterocycles. The van der Waals surface area contributed by atoms with Crippen LogP contribution in [0.5, 0.6) is 0 Å². The number of hydrogen-bond donors (Lipinski definition) is 1. The normalized spacial score (nSPS) is 12.5. The zero-order valence-electron chi connectivity index (χ0n) is 11.1. The van der Waals surface area contributed by atoms with E-state index in [2.05, 4.69) is 19.2 Å². The lowest BCUT2D eigenvalue weighted by atomic mass is 10.2. The summed E-state index contributed by atoms with van der Waals surface area (Å²) in [6.07, 6.45) is 1.95. The molecule has 0 spiro atoms. The Morgan fingerprint density at radius 3 is 2.33 bits per heavy atom. The third kappa shape index (κ3) is 4.91. The predicted octanol–water partition coefficient (Wildman–Crippen LogP) is 4.13. The molecule has 0 aliphatic heterocycles. The number of amides is 1. The number of thioether (sulfide) groups is 1. The van der Waals surface area contributed by atoms with E-state index in [1.807, 2.05) is 31.2 Å². The predicted molar refractivity (Wildman–Crippen MR) is 79.3 cm³/mol. The first kappa shape index (κ1) is 15.4. The van der Waals surface area contributed by atoms with Gasteiger partial charge in [-0.3, -0.25) is 4.79 Å². The fourth-order valence-corrected chi connectivity index (χ4v) is 2.58. The third-order valence-electron chi connectivity index (χ3n) is 2.83. The van der Waals surface area contributed by atoms with Gasteiger partial charge >= 0.3 is 0 Å². The molecule has 1 atom stereocenters. The Morgan fingerprint density at radius 1 is 1.28 bits per heavy atom. The van der Waals surface area contributed by atoms with Gasteiger partial charge in [0.05, 0.1) is 5.25 Å². The van der Waals surface area contributed by atoms with Gasteiger partial charge in [0.15, 0.2) is 0 Å². The van der Waals surface area contributed by atoms with Crippen molar-refractivity contribution < 1.29 is 4.79 Å². The Hall–Kier alpha value is -0.670. The Labute approximate surface area is 118 Å². The van der Waals surface area contributed by atoms with Crippen molar-refractivity contribution in [2.75, 3.05) is 0 Å². The van der Waals surface area contributed by atoms with Gasteiger partial charge in [0.2, 0.25) is 5.91 Å². The molecule has 0 saturated carbocycles. The standard InChI is InChI=1S/C14H20ClNOS/c1-4-12(5-2)16-14(17)10(3)18-13-8-6-11(15)7-9-13/h6-10,12H,4-5H2,1-3H3,(H,16,17). The van der Waals surface area contributed by atoms with Crippen LogP contribution in [-0.4, -0.2) is 17.2 Å². The van der Waals surface area contributed by atoms with E-state index in [4.69, 9.17) is 11.6 Å². The largest absolute Gasteiger partial charge is 0.352 e. The molecule has 0 fully saturated rings. The van der Waals surface area contributed by atoms with Gasteiger partial charge in [-0.25, -0.2) is 0 Å². The molecule has 0 radical (unpaired) electrons. The summed E-state index contributed by atoms with van der Waals surface area (Å²) in [6.45, 7) is 6.11. The molecular formula is C14H20ClNOS. The van der Waals surface area contributed by atoms with Crippen molar-refractivity contribution in [3.63, 3.8) is 0 Å².